The number of aliphatic hydroxyl groups excluding tert-OH is 1. The maximum absolute atomic E-state index is 14.0. The van der Waals surface area contributed by atoms with Gasteiger partial charge in [0.05, 0.1) is 106 Å². The number of piperazine rings is 1. The fourth-order valence-electron chi connectivity index (χ4n) is 11.2. The minimum Gasteiger partial charge on any atom is -0.391 e. The van der Waals surface area contributed by atoms with Crippen molar-refractivity contribution >= 4 is 69.0 Å². The van der Waals surface area contributed by atoms with Crippen LogP contribution in [-0.2, 0) is 60.6 Å². The molecule has 0 radical (unpaired) electrons. The molecule has 3 aliphatic rings. The van der Waals surface area contributed by atoms with Crippen LogP contribution in [0.4, 0.5) is 26.0 Å². The summed E-state index contributed by atoms with van der Waals surface area (Å²) in [4.78, 5) is 78.6. The van der Waals surface area contributed by atoms with Gasteiger partial charge < -0.3 is 69.5 Å². The highest BCUT2D eigenvalue weighted by Gasteiger charge is 2.44. The number of nitrogens with zero attached hydrogens (tertiary/aromatic N) is 5. The Labute approximate surface area is 533 Å². The molecule has 0 spiro atoms. The average molecular weight is 1280 g/mol. The number of benzene rings is 4. The lowest BCUT2D eigenvalue weighted by Crippen LogP contribution is -2.57. The number of aliphatic hydroxyl groups is 1. The standard InChI is InChI=1S/C66H84F2N10O12S/c1-43-60(91-42-70-43)47-8-5-44(6-9-47)40-69-64(83)57-39-52(79)41-78(57)65(84)61(66(2,3)4)72-58(80)15-23-86-25-27-88-29-31-90-32-30-89-28-26-87-24-16-59(81)77-19-17-76(18-20-77)51-10-11-53(56(38-51)71-50-13-21-85-22-14-50)63(82)73-62-54-36-45(7-12-55(54)74-75-62)33-46-34-48(67)37-49(68)35-46/h5-12,34-38,42,50,52,57,61,71,79H,13-33,39-41H2,1-4H3,(H,69,83)(H,72,80)(H2,73,74,75,82)/t52-,57+,61?/m1/s1. The molecule has 5 heterocycles. The summed E-state index contributed by atoms with van der Waals surface area (Å²) in [7, 11) is 0. The molecule has 0 bridgehead atoms. The van der Waals surface area contributed by atoms with Gasteiger partial charge in [0.2, 0.25) is 23.6 Å². The number of β-amino-alcohol motifs (C(OH)–C–C–N with tert-alkyl or cyclic N) is 1. The van der Waals surface area contributed by atoms with Gasteiger partial charge >= 0.3 is 0 Å². The highest BCUT2D eigenvalue weighted by Crippen LogP contribution is 2.32. The minimum absolute atomic E-state index is 0.00795. The van der Waals surface area contributed by atoms with Gasteiger partial charge in [-0.25, -0.2) is 13.8 Å². The first-order chi connectivity index (χ1) is 43.9. The summed E-state index contributed by atoms with van der Waals surface area (Å²) in [5.41, 5.74) is 8.01. The third kappa shape index (κ3) is 19.8. The van der Waals surface area contributed by atoms with Gasteiger partial charge in [-0.3, -0.25) is 29.1 Å². The van der Waals surface area contributed by atoms with Crippen LogP contribution in [0.25, 0.3) is 21.3 Å². The molecule has 3 fully saturated rings. The molecule has 6 N–H and O–H groups in total. The van der Waals surface area contributed by atoms with Gasteiger partial charge in [0.15, 0.2) is 5.82 Å². The number of aromatic nitrogens is 3. The maximum atomic E-state index is 14.0. The molecule has 3 saturated heterocycles. The molecule has 3 aliphatic heterocycles. The normalized spacial score (nSPS) is 16.7. The number of carbonyl (C=O) groups excluding carboxylic acids is 5. The fourth-order valence-corrected chi connectivity index (χ4v) is 12.0. The minimum atomic E-state index is -0.947. The lowest BCUT2D eigenvalue weighted by molar-refractivity contribution is -0.144. The van der Waals surface area contributed by atoms with Gasteiger partial charge in [-0.1, -0.05) is 51.1 Å². The first-order valence-electron chi connectivity index (χ1n) is 31.1. The van der Waals surface area contributed by atoms with E-state index in [1.54, 1.807) is 17.4 Å². The zero-order valence-corrected chi connectivity index (χ0v) is 53.0. The predicted octanol–water partition coefficient (Wildman–Crippen LogP) is 7.03. The number of nitrogens with one attached hydrogen (secondary N) is 5. The number of aromatic amines is 1. The number of hydrogen-bond donors (Lipinski definition) is 6. The number of fused-ring (bicyclic) bond motifs is 1. The van der Waals surface area contributed by atoms with E-state index in [4.69, 9.17) is 28.4 Å². The van der Waals surface area contributed by atoms with Gasteiger partial charge in [-0.2, -0.15) is 5.10 Å². The lowest BCUT2D eigenvalue weighted by atomic mass is 9.85. The molecule has 9 rings (SSSR count). The number of anilines is 3. The van der Waals surface area contributed by atoms with Crippen molar-refractivity contribution in [3.8, 4) is 10.4 Å². The van der Waals surface area contributed by atoms with Crippen molar-refractivity contribution < 1.29 is 66.3 Å². The molecule has 6 aromatic rings. The summed E-state index contributed by atoms with van der Waals surface area (Å²) < 4.78 is 61.6. The average Bonchev–Trinajstić information content (AvgIpc) is 2.51. The van der Waals surface area contributed by atoms with E-state index in [0.717, 1.165) is 51.9 Å². The highest BCUT2D eigenvalue weighted by atomic mass is 32.1. The Morgan fingerprint density at radius 1 is 0.769 bits per heavy atom. The molecule has 0 aliphatic carbocycles. The van der Waals surface area contributed by atoms with E-state index in [1.165, 1.54) is 17.0 Å². The second-order valence-corrected chi connectivity index (χ2v) is 24.9. The second-order valence-electron chi connectivity index (χ2n) is 24.0. The third-order valence-corrected chi connectivity index (χ3v) is 17.1. The highest BCUT2D eigenvalue weighted by molar-refractivity contribution is 7.13. The summed E-state index contributed by atoms with van der Waals surface area (Å²) in [6, 6.07) is 20.8. The largest absolute Gasteiger partial charge is 0.391 e. The lowest BCUT2D eigenvalue weighted by Gasteiger charge is -2.36. The van der Waals surface area contributed by atoms with Crippen molar-refractivity contribution in [3.05, 3.63) is 124 Å². The number of carbonyl (C=O) groups is 5. The molecule has 91 heavy (non-hydrogen) atoms. The molecule has 22 nitrogen and oxygen atoms in total. The first-order valence-corrected chi connectivity index (χ1v) is 32.0. The van der Waals surface area contributed by atoms with Gasteiger partial charge in [0, 0.05) is 94.2 Å². The molecule has 0 saturated carbocycles. The van der Waals surface area contributed by atoms with E-state index in [-0.39, 0.29) is 88.3 Å². The van der Waals surface area contributed by atoms with Crippen LogP contribution in [0, 0.1) is 24.0 Å². The number of thiazole rings is 1. The Morgan fingerprint density at radius 2 is 1.41 bits per heavy atom. The second kappa shape index (κ2) is 33.2. The number of H-pyrrole nitrogens is 1. The Hall–Kier alpha value is -7.49. The van der Waals surface area contributed by atoms with Crippen LogP contribution >= 0.6 is 11.3 Å². The van der Waals surface area contributed by atoms with Crippen molar-refractivity contribution in [1.82, 2.24) is 35.6 Å². The van der Waals surface area contributed by atoms with Crippen molar-refractivity contribution in [1.29, 1.82) is 0 Å². The van der Waals surface area contributed by atoms with E-state index in [2.05, 4.69) is 41.3 Å². The number of rotatable bonds is 31. The van der Waals surface area contributed by atoms with Crippen molar-refractivity contribution in [2.75, 3.05) is 128 Å². The fraction of sp³-hybridized carbons (Fsp3) is 0.500. The molecule has 3 atom stereocenters. The van der Waals surface area contributed by atoms with Crippen molar-refractivity contribution in [3.63, 3.8) is 0 Å². The quantitative estimate of drug-likeness (QED) is 0.0239. The van der Waals surface area contributed by atoms with Crippen molar-refractivity contribution in [2.45, 2.75) is 97.0 Å². The molecule has 4 aromatic carbocycles. The SMILES string of the molecule is Cc1ncsc1-c1ccc(CNC(=O)[C@@H]2C[C@@H](O)CN2C(=O)C(NC(=O)CCOCCOCCOCCOCCOCCC(=O)N2CCN(c3ccc(C(=O)Nc4n[nH]c5ccc(Cc6cc(F)cc(F)c6)cc45)c(NC4CCOCC4)c3)CC2)C(C)(C)C)cc1. The van der Waals surface area contributed by atoms with E-state index in [9.17, 15) is 37.9 Å². The van der Waals surface area contributed by atoms with Crippen LogP contribution in [0.15, 0.2) is 84.4 Å². The molecule has 5 amide bonds. The number of hydrogen-bond acceptors (Lipinski definition) is 17. The first kappa shape index (κ1) is 67.9. The third-order valence-electron chi connectivity index (χ3n) is 16.1. The predicted molar refractivity (Wildman–Crippen MR) is 341 cm³/mol. The van der Waals surface area contributed by atoms with E-state index in [0.29, 0.717) is 119 Å². The molecule has 1 unspecified atom stereocenters. The van der Waals surface area contributed by atoms with Crippen LogP contribution in [0.3, 0.4) is 0 Å². The topological polar surface area (TPSA) is 260 Å². The van der Waals surface area contributed by atoms with Crippen LogP contribution in [0.5, 0.6) is 0 Å². The summed E-state index contributed by atoms with van der Waals surface area (Å²) in [5.74, 6) is -2.49. The summed E-state index contributed by atoms with van der Waals surface area (Å²) in [5, 5.41) is 31.0. The summed E-state index contributed by atoms with van der Waals surface area (Å²) in [6.45, 7) is 14.2. The monoisotopic (exact) mass is 1280 g/mol. The molecule has 25 heteroatoms. The number of halogens is 2. The van der Waals surface area contributed by atoms with Crippen molar-refractivity contribution in [2.24, 2.45) is 5.41 Å². The van der Waals surface area contributed by atoms with Gasteiger partial charge in [0.25, 0.3) is 5.91 Å². The van der Waals surface area contributed by atoms with E-state index < -0.39 is 41.1 Å². The van der Waals surface area contributed by atoms with Gasteiger partial charge in [-0.15, -0.1) is 11.3 Å². The Morgan fingerprint density at radius 3 is 2.04 bits per heavy atom. The van der Waals surface area contributed by atoms with Crippen LogP contribution in [-0.4, -0.2) is 196 Å². The van der Waals surface area contributed by atoms with E-state index >= 15 is 0 Å². The van der Waals surface area contributed by atoms with Crippen LogP contribution < -0.4 is 26.2 Å². The van der Waals surface area contributed by atoms with Gasteiger partial charge in [0.1, 0.15) is 23.7 Å². The van der Waals surface area contributed by atoms with Crippen LogP contribution in [0.2, 0.25) is 0 Å². The maximum Gasteiger partial charge on any atom is 0.258 e. The van der Waals surface area contributed by atoms with Crippen LogP contribution in [0.1, 0.15) is 85.6 Å². The summed E-state index contributed by atoms with van der Waals surface area (Å²) >= 11 is 1.57. The number of likely N-dealkylation sites (tertiary alicyclic amines) is 1. The molecule has 490 valence electrons. The zero-order valence-electron chi connectivity index (χ0n) is 52.2. The number of aryl methyl sites for hydroxylation is 1. The molecule has 2 aromatic heterocycles. The van der Waals surface area contributed by atoms with Gasteiger partial charge in [-0.05, 0) is 96.3 Å². The Bertz CT molecular complexity index is 3370. The molecular formula is C66H84F2N10O12S. The smallest absolute Gasteiger partial charge is 0.258 e. The number of amides is 5. The Kier molecular flexibility index (Phi) is 24.8. The summed E-state index contributed by atoms with van der Waals surface area (Å²) in [6.07, 6.45) is 1.33. The number of ether oxygens (including phenoxy) is 6. The Balaban J connectivity index is 0.597. The van der Waals surface area contributed by atoms with E-state index in [1.807, 2.05) is 92.7 Å². The zero-order chi connectivity index (χ0) is 64.3. The molecular weight excluding hydrogens is 1190 g/mol.